The average molecular weight is 836 g/mol. The van der Waals surface area contributed by atoms with Crippen molar-refractivity contribution in [3.05, 3.63) is 122 Å². The van der Waals surface area contributed by atoms with Gasteiger partial charge >= 0.3 is 24.1 Å². The van der Waals surface area contributed by atoms with Gasteiger partial charge in [0.1, 0.15) is 5.92 Å². The number of aromatic nitrogens is 4. The summed E-state index contributed by atoms with van der Waals surface area (Å²) in [6, 6.07) is 13.6. The molecule has 298 valence electrons. The van der Waals surface area contributed by atoms with E-state index in [9.17, 15) is 24.4 Å². The Bertz CT molecular complexity index is 1950. The summed E-state index contributed by atoms with van der Waals surface area (Å²) in [7, 11) is 6.69. The van der Waals surface area contributed by atoms with Crippen LogP contribution >= 0.6 is 15.9 Å². The summed E-state index contributed by atoms with van der Waals surface area (Å²) < 4.78 is 24.0. The smallest absolute Gasteiger partial charge is 0.507 e. The molecule has 8 rings (SSSR count). The molecule has 0 fully saturated rings. The number of hydrogen-bond donors (Lipinski definition) is 0. The van der Waals surface area contributed by atoms with Crippen LogP contribution in [0.15, 0.2) is 71.7 Å². The topological polar surface area (TPSA) is 180 Å². The van der Waals surface area contributed by atoms with Crippen LogP contribution in [0.4, 0.5) is 4.79 Å². The van der Waals surface area contributed by atoms with E-state index in [0.717, 1.165) is 63.8 Å². The maximum atomic E-state index is 11.5. The number of carbonyl (C=O) groups excluding carboxylic acids is 4. The summed E-state index contributed by atoms with van der Waals surface area (Å²) >= 11 is 3.45. The van der Waals surface area contributed by atoms with Crippen LogP contribution in [0.1, 0.15) is 88.5 Å². The monoisotopic (exact) mass is 834 g/mol. The van der Waals surface area contributed by atoms with Gasteiger partial charge in [-0.05, 0) is 98.7 Å². The van der Waals surface area contributed by atoms with E-state index < -0.39 is 6.16 Å². The molecule has 3 atom stereocenters. The van der Waals surface area contributed by atoms with Gasteiger partial charge in [-0.25, -0.2) is 4.79 Å². The van der Waals surface area contributed by atoms with Crippen molar-refractivity contribution in [3.8, 4) is 0 Å². The number of halogens is 1. The molecule has 0 radical (unpaired) electrons. The first-order chi connectivity index (χ1) is 27.1. The number of pyridine rings is 4. The fourth-order valence-corrected chi connectivity index (χ4v) is 7.53. The standard InChI is InChI=1S/C10H10BrNO2.C10H11NO3.C10H11NO2.C8H9N.C3H6O3/c1-14-10(13)7-3-2-6-8(11)4-5-12-9(6)7;1-14-10(12)8-5-4-7-3-2-6-11(13)9(7)8;1-13-10(12)8-5-4-7-3-2-6-11-9(7)8;1-3-7-4-2-6-9-8(7)5-1;1-5-3(4)6-2/h4-5,7H,2-3H2,1H3;2-3,6,8H,4-5H2,1H3;2-3,6,8H,4-5H2,1H3;2,4,6H,1,3,5H2;1-2H3. The molecule has 0 saturated carbocycles. The van der Waals surface area contributed by atoms with Crippen molar-refractivity contribution in [1.29, 1.82) is 0 Å². The molecule has 4 aliphatic carbocycles. The lowest BCUT2D eigenvalue weighted by atomic mass is 10.1. The number of methoxy groups -OCH3 is 5. The number of aryl methyl sites for hydroxylation is 4. The Morgan fingerprint density at radius 1 is 0.625 bits per heavy atom. The van der Waals surface area contributed by atoms with E-state index in [2.05, 4.69) is 51.2 Å². The predicted molar refractivity (Wildman–Crippen MR) is 206 cm³/mol. The number of hydrogen-bond acceptors (Lipinski definition) is 13. The molecule has 4 heterocycles. The molecule has 4 aromatic heterocycles. The quantitative estimate of drug-likeness (QED) is 0.104. The lowest BCUT2D eigenvalue weighted by Crippen LogP contribution is -2.34. The van der Waals surface area contributed by atoms with E-state index in [1.165, 1.54) is 77.8 Å². The highest BCUT2D eigenvalue weighted by atomic mass is 79.9. The van der Waals surface area contributed by atoms with Gasteiger partial charge in [-0.15, -0.1) is 0 Å². The highest BCUT2D eigenvalue weighted by Gasteiger charge is 2.36. The van der Waals surface area contributed by atoms with Crippen LogP contribution in [0.25, 0.3) is 0 Å². The van der Waals surface area contributed by atoms with Crippen LogP contribution < -0.4 is 4.73 Å². The van der Waals surface area contributed by atoms with Gasteiger partial charge in [0.2, 0.25) is 5.69 Å². The third-order valence-electron chi connectivity index (χ3n) is 9.76. The normalized spacial score (nSPS) is 17.4. The lowest BCUT2D eigenvalue weighted by molar-refractivity contribution is -0.614. The van der Waals surface area contributed by atoms with E-state index in [0.29, 0.717) is 12.1 Å². The first kappa shape index (κ1) is 43.3. The molecule has 4 aliphatic rings. The van der Waals surface area contributed by atoms with Crippen LogP contribution in [0.2, 0.25) is 0 Å². The third-order valence-corrected chi connectivity index (χ3v) is 10.5. The molecule has 0 aromatic carbocycles. The lowest BCUT2D eigenvalue weighted by Gasteiger charge is -2.08. The number of rotatable bonds is 3. The molecule has 0 spiro atoms. The predicted octanol–water partition coefficient (Wildman–Crippen LogP) is 5.82. The van der Waals surface area contributed by atoms with Crippen molar-refractivity contribution in [2.24, 2.45) is 0 Å². The van der Waals surface area contributed by atoms with Crippen molar-refractivity contribution in [2.45, 2.75) is 75.5 Å². The van der Waals surface area contributed by atoms with Crippen molar-refractivity contribution in [1.82, 2.24) is 15.0 Å². The second-order valence-electron chi connectivity index (χ2n) is 12.9. The van der Waals surface area contributed by atoms with Crippen LogP contribution in [-0.4, -0.2) is 74.6 Å². The van der Waals surface area contributed by atoms with Gasteiger partial charge in [-0.3, -0.25) is 29.3 Å². The molecule has 0 N–H and O–H groups in total. The van der Waals surface area contributed by atoms with E-state index in [-0.39, 0.29) is 35.7 Å². The van der Waals surface area contributed by atoms with E-state index in [4.69, 9.17) is 9.47 Å². The number of carbonyl (C=O) groups is 4. The number of ether oxygens (including phenoxy) is 5. The molecular formula is C41H47BrN4O10. The van der Waals surface area contributed by atoms with Gasteiger partial charge in [0.15, 0.2) is 6.20 Å². The zero-order chi connectivity index (χ0) is 40.6. The Morgan fingerprint density at radius 2 is 1.18 bits per heavy atom. The van der Waals surface area contributed by atoms with E-state index >= 15 is 0 Å². The summed E-state index contributed by atoms with van der Waals surface area (Å²) in [6.07, 6.45) is 14.7. The fourth-order valence-electron chi connectivity index (χ4n) is 7.01. The maximum absolute atomic E-state index is 11.5. The van der Waals surface area contributed by atoms with E-state index in [1.807, 2.05) is 36.5 Å². The Balaban J connectivity index is 0.000000160. The van der Waals surface area contributed by atoms with Crippen LogP contribution in [0.3, 0.4) is 0 Å². The summed E-state index contributed by atoms with van der Waals surface area (Å²) in [4.78, 5) is 56.5. The Kier molecular flexibility index (Phi) is 16.7. The highest BCUT2D eigenvalue weighted by Crippen LogP contribution is 2.36. The van der Waals surface area contributed by atoms with Crippen LogP contribution in [0, 0.1) is 5.21 Å². The Labute approximate surface area is 334 Å². The minimum Gasteiger partial charge on any atom is -0.618 e. The molecule has 56 heavy (non-hydrogen) atoms. The van der Waals surface area contributed by atoms with Gasteiger partial charge < -0.3 is 28.9 Å². The first-order valence-electron chi connectivity index (χ1n) is 18.1. The van der Waals surface area contributed by atoms with Crippen molar-refractivity contribution in [3.63, 3.8) is 0 Å². The van der Waals surface area contributed by atoms with Gasteiger partial charge in [0, 0.05) is 40.4 Å². The summed E-state index contributed by atoms with van der Waals surface area (Å²) in [6.45, 7) is 0. The molecule has 0 amide bonds. The summed E-state index contributed by atoms with van der Waals surface area (Å²) in [5, 5.41) is 11.5. The molecule has 15 heteroatoms. The SMILES string of the molecule is COC(=O)C1CCc2c(Br)ccnc21.COC(=O)C1CCc2ccc[n+]([O-])c21.COC(=O)C1CCc2cccnc21.COC(=O)OC.c1cnc2c(c1)CCC2. The van der Waals surface area contributed by atoms with Crippen molar-refractivity contribution < 1.29 is 47.6 Å². The van der Waals surface area contributed by atoms with Crippen LogP contribution in [0.5, 0.6) is 0 Å². The molecule has 4 aromatic rings. The van der Waals surface area contributed by atoms with E-state index in [1.54, 1.807) is 18.5 Å². The number of fused-ring (bicyclic) bond motifs is 4. The molecular weight excluding hydrogens is 788 g/mol. The summed E-state index contributed by atoms with van der Waals surface area (Å²) in [5.74, 6) is -1.37. The maximum Gasteiger partial charge on any atom is 0.507 e. The molecule has 3 unspecified atom stereocenters. The minimum absolute atomic E-state index is 0.138. The molecule has 0 aliphatic heterocycles. The number of nitrogens with zero attached hydrogens (tertiary/aromatic N) is 4. The molecule has 0 saturated heterocycles. The van der Waals surface area contributed by atoms with Gasteiger partial charge in [-0.2, -0.15) is 4.73 Å². The van der Waals surface area contributed by atoms with Gasteiger partial charge in [0.25, 0.3) is 0 Å². The van der Waals surface area contributed by atoms with Crippen LogP contribution in [-0.2, 0) is 70.2 Å². The fraction of sp³-hybridized carbons (Fsp3) is 0.415. The largest absolute Gasteiger partial charge is 0.618 e. The average Bonchev–Trinajstić information content (AvgIpc) is 4.07. The minimum atomic E-state index is -0.657. The molecule has 0 bridgehead atoms. The molecule has 14 nitrogen and oxygen atoms in total. The zero-order valence-corrected chi connectivity index (χ0v) is 33.8. The van der Waals surface area contributed by atoms with Crippen molar-refractivity contribution in [2.75, 3.05) is 35.5 Å². The first-order valence-corrected chi connectivity index (χ1v) is 18.9. The van der Waals surface area contributed by atoms with Gasteiger partial charge in [0.05, 0.1) is 58.8 Å². The highest BCUT2D eigenvalue weighted by molar-refractivity contribution is 9.10. The van der Waals surface area contributed by atoms with Crippen molar-refractivity contribution >= 4 is 40.0 Å². The Morgan fingerprint density at radius 3 is 1.82 bits per heavy atom. The second kappa shape index (κ2) is 21.6. The third kappa shape index (κ3) is 11.1. The Hall–Kier alpha value is -5.44. The number of esters is 3. The zero-order valence-electron chi connectivity index (χ0n) is 32.2. The van der Waals surface area contributed by atoms with Gasteiger partial charge in [-0.1, -0.05) is 28.1 Å². The summed E-state index contributed by atoms with van der Waals surface area (Å²) in [5.41, 5.74) is 8.37. The second-order valence-corrected chi connectivity index (χ2v) is 13.8.